The standard InChI is InChI=1S/C28H19ClN2O8S/c1-3-37-22-13-15(4-11-21(22)38-27(32)16-5-8-18(36-2)9-6-16)12-20-28(33)39-26(30-20)25-24(29)19-10-7-17(31(34)35)14-23(19)40-25/h4-14H,3H2,1-2H3/b20-12+. The second-order valence-electron chi connectivity index (χ2n) is 8.28. The number of halogens is 1. The van der Waals surface area contributed by atoms with Crippen molar-refractivity contribution in [2.24, 2.45) is 4.99 Å². The van der Waals surface area contributed by atoms with Gasteiger partial charge in [-0.25, -0.2) is 14.6 Å². The summed E-state index contributed by atoms with van der Waals surface area (Å²) in [5, 5.41) is 12.0. The van der Waals surface area contributed by atoms with Crippen LogP contribution >= 0.6 is 22.9 Å². The molecular formula is C28H19ClN2O8S. The molecule has 0 radical (unpaired) electrons. The predicted octanol–water partition coefficient (Wildman–Crippen LogP) is 6.43. The number of carbonyl (C=O) groups is 2. The number of nitro benzene ring substituents is 1. The average Bonchev–Trinajstić information content (AvgIpc) is 3.48. The molecule has 0 N–H and O–H groups in total. The van der Waals surface area contributed by atoms with Gasteiger partial charge in [0, 0.05) is 22.2 Å². The minimum atomic E-state index is -0.692. The Balaban J connectivity index is 1.41. The number of non-ortho nitro benzene ring substituents is 1. The van der Waals surface area contributed by atoms with Crippen LogP contribution in [0.3, 0.4) is 0 Å². The summed E-state index contributed by atoms with van der Waals surface area (Å²) < 4.78 is 22.2. The fourth-order valence-electron chi connectivity index (χ4n) is 3.82. The number of nitrogens with zero attached hydrogens (tertiary/aromatic N) is 2. The summed E-state index contributed by atoms with van der Waals surface area (Å²) in [4.78, 5) is 40.6. The zero-order valence-electron chi connectivity index (χ0n) is 21.0. The van der Waals surface area contributed by atoms with Gasteiger partial charge in [0.1, 0.15) is 10.6 Å². The highest BCUT2D eigenvalue weighted by Gasteiger charge is 2.28. The van der Waals surface area contributed by atoms with E-state index in [1.54, 1.807) is 55.5 Å². The number of fused-ring (bicyclic) bond motifs is 1. The number of carbonyl (C=O) groups excluding carboxylic acids is 2. The molecule has 0 unspecified atom stereocenters. The van der Waals surface area contributed by atoms with E-state index in [4.69, 9.17) is 30.5 Å². The molecule has 0 atom stereocenters. The van der Waals surface area contributed by atoms with Crippen molar-refractivity contribution in [1.29, 1.82) is 0 Å². The summed E-state index contributed by atoms with van der Waals surface area (Å²) in [5.41, 5.74) is 0.813. The van der Waals surface area contributed by atoms with Crippen LogP contribution < -0.4 is 14.2 Å². The fraction of sp³-hybridized carbons (Fsp3) is 0.107. The van der Waals surface area contributed by atoms with Gasteiger partial charge in [-0.05, 0) is 61.0 Å². The van der Waals surface area contributed by atoms with Crippen LogP contribution in [-0.4, -0.2) is 36.5 Å². The number of thiophene rings is 1. The summed E-state index contributed by atoms with van der Waals surface area (Å²) in [6.07, 6.45) is 1.50. The minimum absolute atomic E-state index is 0.000163. The van der Waals surface area contributed by atoms with Gasteiger partial charge in [-0.2, -0.15) is 0 Å². The molecule has 1 aliphatic rings. The third-order valence-corrected chi connectivity index (χ3v) is 7.38. The molecule has 5 rings (SSSR count). The molecule has 4 aromatic rings. The number of ether oxygens (including phenoxy) is 4. The highest BCUT2D eigenvalue weighted by molar-refractivity contribution is 7.21. The van der Waals surface area contributed by atoms with Crippen LogP contribution in [0.25, 0.3) is 16.2 Å². The summed E-state index contributed by atoms with van der Waals surface area (Å²) in [5.74, 6) is -0.159. The van der Waals surface area contributed by atoms with Crippen LogP contribution in [0.15, 0.2) is 71.4 Å². The van der Waals surface area contributed by atoms with Crippen molar-refractivity contribution < 1.29 is 33.5 Å². The van der Waals surface area contributed by atoms with Crippen molar-refractivity contribution in [3.63, 3.8) is 0 Å². The molecule has 2 heterocycles. The van der Waals surface area contributed by atoms with Gasteiger partial charge in [0.25, 0.3) is 5.69 Å². The molecule has 202 valence electrons. The average molecular weight is 579 g/mol. The Morgan fingerprint density at radius 2 is 1.90 bits per heavy atom. The number of hydrogen-bond acceptors (Lipinski definition) is 10. The van der Waals surface area contributed by atoms with Crippen LogP contribution in [-0.2, 0) is 9.53 Å². The number of hydrogen-bond donors (Lipinski definition) is 0. The minimum Gasteiger partial charge on any atom is -0.497 e. The number of cyclic esters (lactones) is 1. The van der Waals surface area contributed by atoms with E-state index in [2.05, 4.69) is 4.99 Å². The lowest BCUT2D eigenvalue weighted by molar-refractivity contribution is -0.384. The Hall–Kier alpha value is -4.74. The first-order valence-corrected chi connectivity index (χ1v) is 13.0. The molecule has 1 aliphatic heterocycles. The van der Waals surface area contributed by atoms with E-state index in [1.807, 2.05) is 0 Å². The Morgan fingerprint density at radius 1 is 1.12 bits per heavy atom. The Bertz CT molecular complexity index is 1730. The lowest BCUT2D eigenvalue weighted by Gasteiger charge is -2.11. The van der Waals surface area contributed by atoms with E-state index in [1.165, 1.54) is 25.3 Å². The highest BCUT2D eigenvalue weighted by Crippen LogP contribution is 2.39. The maximum absolute atomic E-state index is 12.6. The van der Waals surface area contributed by atoms with Gasteiger partial charge in [0.2, 0.25) is 5.90 Å². The van der Waals surface area contributed by atoms with Gasteiger partial charge in [0.05, 0.1) is 29.2 Å². The van der Waals surface area contributed by atoms with Crippen molar-refractivity contribution in [1.82, 2.24) is 0 Å². The largest absolute Gasteiger partial charge is 0.497 e. The first-order valence-electron chi connectivity index (χ1n) is 11.8. The van der Waals surface area contributed by atoms with E-state index in [-0.39, 0.29) is 28.1 Å². The molecular weight excluding hydrogens is 560 g/mol. The zero-order valence-corrected chi connectivity index (χ0v) is 22.6. The summed E-state index contributed by atoms with van der Waals surface area (Å²) >= 11 is 7.62. The predicted molar refractivity (Wildman–Crippen MR) is 150 cm³/mol. The van der Waals surface area contributed by atoms with E-state index in [9.17, 15) is 19.7 Å². The van der Waals surface area contributed by atoms with Crippen molar-refractivity contribution >= 4 is 62.6 Å². The Labute approximate surface area is 236 Å². The van der Waals surface area contributed by atoms with Crippen molar-refractivity contribution in [2.75, 3.05) is 13.7 Å². The van der Waals surface area contributed by atoms with E-state index in [0.717, 1.165) is 11.3 Å². The quantitative estimate of drug-likeness (QED) is 0.0769. The van der Waals surface area contributed by atoms with Gasteiger partial charge >= 0.3 is 11.9 Å². The van der Waals surface area contributed by atoms with Crippen molar-refractivity contribution in [2.45, 2.75) is 6.92 Å². The van der Waals surface area contributed by atoms with Crippen LogP contribution in [0.2, 0.25) is 5.02 Å². The Morgan fingerprint density at radius 3 is 2.60 bits per heavy atom. The number of esters is 2. The maximum Gasteiger partial charge on any atom is 0.363 e. The van der Waals surface area contributed by atoms with E-state index < -0.39 is 16.9 Å². The summed E-state index contributed by atoms with van der Waals surface area (Å²) in [6, 6.07) is 15.6. The van der Waals surface area contributed by atoms with Crippen molar-refractivity contribution in [3.05, 3.63) is 97.5 Å². The molecule has 0 spiro atoms. The van der Waals surface area contributed by atoms with Crippen LogP contribution in [0, 0.1) is 10.1 Å². The Kier molecular flexibility index (Phi) is 7.50. The lowest BCUT2D eigenvalue weighted by Crippen LogP contribution is -2.09. The van der Waals surface area contributed by atoms with Gasteiger partial charge in [-0.15, -0.1) is 11.3 Å². The molecule has 10 nitrogen and oxygen atoms in total. The highest BCUT2D eigenvalue weighted by atomic mass is 35.5. The summed E-state index contributed by atoms with van der Waals surface area (Å²) in [7, 11) is 1.53. The monoisotopic (exact) mass is 578 g/mol. The molecule has 12 heteroatoms. The number of benzene rings is 3. The molecule has 40 heavy (non-hydrogen) atoms. The number of nitro groups is 1. The molecule has 3 aromatic carbocycles. The van der Waals surface area contributed by atoms with Crippen LogP contribution in [0.1, 0.15) is 27.7 Å². The van der Waals surface area contributed by atoms with Gasteiger partial charge in [-0.3, -0.25) is 10.1 Å². The van der Waals surface area contributed by atoms with Gasteiger partial charge < -0.3 is 18.9 Å². The molecule has 1 aromatic heterocycles. The van der Waals surface area contributed by atoms with E-state index >= 15 is 0 Å². The lowest BCUT2D eigenvalue weighted by atomic mass is 10.1. The topological polar surface area (TPSA) is 127 Å². The third-order valence-electron chi connectivity index (χ3n) is 5.74. The second-order valence-corrected chi connectivity index (χ2v) is 9.71. The summed E-state index contributed by atoms with van der Waals surface area (Å²) in [6.45, 7) is 2.09. The normalized spacial score (nSPS) is 13.7. The molecule has 0 saturated heterocycles. The number of methoxy groups -OCH3 is 1. The molecule has 0 aliphatic carbocycles. The SMILES string of the molecule is CCOc1cc(/C=C2/N=C(c3sc4cc([N+](=O)[O-])ccc4c3Cl)OC2=O)ccc1OC(=O)c1ccc(OC)cc1. The third kappa shape index (κ3) is 5.37. The fourth-order valence-corrected chi connectivity index (χ4v) is 5.29. The molecule has 0 fully saturated rings. The maximum atomic E-state index is 12.6. The zero-order chi connectivity index (χ0) is 28.4. The van der Waals surface area contributed by atoms with Gasteiger partial charge in [0.15, 0.2) is 17.2 Å². The molecule has 0 amide bonds. The molecule has 0 saturated carbocycles. The van der Waals surface area contributed by atoms with Crippen LogP contribution in [0.4, 0.5) is 5.69 Å². The first-order chi connectivity index (χ1) is 19.3. The van der Waals surface area contributed by atoms with Crippen LogP contribution in [0.5, 0.6) is 17.2 Å². The van der Waals surface area contributed by atoms with E-state index in [0.29, 0.717) is 44.2 Å². The number of rotatable bonds is 8. The first kappa shape index (κ1) is 26.9. The second kappa shape index (κ2) is 11.2. The van der Waals surface area contributed by atoms with Gasteiger partial charge in [-0.1, -0.05) is 17.7 Å². The number of aliphatic imine (C=N–C) groups is 1. The van der Waals surface area contributed by atoms with Crippen molar-refractivity contribution in [3.8, 4) is 17.2 Å². The molecule has 0 bridgehead atoms. The smallest absolute Gasteiger partial charge is 0.363 e.